The van der Waals surface area contributed by atoms with Gasteiger partial charge in [0.15, 0.2) is 0 Å². The van der Waals surface area contributed by atoms with Gasteiger partial charge in [0.05, 0.1) is 0 Å². The van der Waals surface area contributed by atoms with Crippen molar-refractivity contribution in [3.05, 3.63) is 78.4 Å². The quantitative estimate of drug-likeness (QED) is 0.540. The minimum atomic E-state index is 0.497. The number of aromatic nitrogens is 2. The highest BCUT2D eigenvalue weighted by molar-refractivity contribution is 5.70. The summed E-state index contributed by atoms with van der Waals surface area (Å²) in [5.41, 5.74) is 11.7. The van der Waals surface area contributed by atoms with Crippen LogP contribution in [0.2, 0.25) is 0 Å². The fourth-order valence-corrected chi connectivity index (χ4v) is 2.78. The molecule has 0 saturated carbocycles. The fourth-order valence-electron chi connectivity index (χ4n) is 2.78. The zero-order chi connectivity index (χ0) is 17.2. The molecule has 122 valence electrons. The number of nitrogens with zero attached hydrogens (tertiary/aromatic N) is 2. The Morgan fingerprint density at radius 3 is 2.20 bits per heavy atom. The van der Waals surface area contributed by atoms with Crippen molar-refractivity contribution in [2.24, 2.45) is 0 Å². The Morgan fingerprint density at radius 2 is 1.44 bits per heavy atom. The summed E-state index contributed by atoms with van der Waals surface area (Å²) >= 11 is 0. The molecule has 0 aliphatic heterocycles. The Bertz CT molecular complexity index is 1010. The lowest BCUT2D eigenvalue weighted by Crippen LogP contribution is -1.92. The van der Waals surface area contributed by atoms with E-state index in [0.717, 1.165) is 27.9 Å². The average Bonchev–Trinajstić information content (AvgIpc) is 3.15. The lowest BCUT2D eigenvalue weighted by atomic mass is 10.0. The van der Waals surface area contributed by atoms with Gasteiger partial charge < -0.3 is 10.3 Å². The lowest BCUT2D eigenvalue weighted by Gasteiger charge is -2.03. The first-order chi connectivity index (χ1) is 12.2. The zero-order valence-corrected chi connectivity index (χ0v) is 13.8. The number of hydrogen-bond donors (Lipinski definition) is 1. The van der Waals surface area contributed by atoms with Crippen molar-refractivity contribution in [1.29, 1.82) is 0 Å². The predicted molar refractivity (Wildman–Crippen MR) is 99.8 cm³/mol. The third-order valence-corrected chi connectivity index (χ3v) is 4.28. The Hall–Kier alpha value is -3.40. The van der Waals surface area contributed by atoms with Crippen LogP contribution in [0.4, 0.5) is 5.69 Å². The first kappa shape index (κ1) is 15.1. The highest BCUT2D eigenvalue weighted by atomic mass is 16.5. The van der Waals surface area contributed by atoms with Crippen molar-refractivity contribution in [2.45, 2.75) is 6.92 Å². The molecular formula is C21H17N3O. The van der Waals surface area contributed by atoms with Gasteiger partial charge in [0, 0.05) is 16.8 Å². The van der Waals surface area contributed by atoms with Gasteiger partial charge in [0.25, 0.3) is 5.89 Å². The second kappa shape index (κ2) is 6.24. The smallest absolute Gasteiger partial charge is 0.258 e. The van der Waals surface area contributed by atoms with E-state index in [-0.39, 0.29) is 0 Å². The molecule has 0 fully saturated rings. The summed E-state index contributed by atoms with van der Waals surface area (Å²) < 4.78 is 5.44. The average molecular weight is 327 g/mol. The first-order valence-corrected chi connectivity index (χ1v) is 8.07. The molecular weight excluding hydrogens is 310 g/mol. The molecule has 4 heteroatoms. The van der Waals surface area contributed by atoms with Crippen molar-refractivity contribution >= 4 is 5.69 Å². The van der Waals surface area contributed by atoms with E-state index in [1.807, 2.05) is 55.5 Å². The predicted octanol–water partition coefficient (Wildman–Crippen LogP) is 4.96. The summed E-state index contributed by atoms with van der Waals surface area (Å²) in [5.74, 6) is 1.04. The van der Waals surface area contributed by atoms with Crippen LogP contribution in [0.5, 0.6) is 0 Å². The van der Waals surface area contributed by atoms with Crippen LogP contribution in [-0.4, -0.2) is 10.1 Å². The van der Waals surface area contributed by atoms with Crippen LogP contribution in [0.3, 0.4) is 0 Å². The van der Waals surface area contributed by atoms with E-state index in [4.69, 9.17) is 10.3 Å². The van der Waals surface area contributed by atoms with E-state index in [9.17, 15) is 0 Å². The molecule has 0 atom stereocenters. The van der Waals surface area contributed by atoms with Crippen LogP contribution in [0.25, 0.3) is 34.0 Å². The molecule has 2 N–H and O–H groups in total. The normalized spacial score (nSPS) is 10.8. The lowest BCUT2D eigenvalue weighted by molar-refractivity contribution is 0.432. The third kappa shape index (κ3) is 2.90. The topological polar surface area (TPSA) is 64.9 Å². The second-order valence-electron chi connectivity index (χ2n) is 5.89. The summed E-state index contributed by atoms with van der Waals surface area (Å²) in [6, 6.07) is 24.0. The van der Waals surface area contributed by atoms with Gasteiger partial charge in [-0.2, -0.15) is 4.98 Å². The summed E-state index contributed by atoms with van der Waals surface area (Å²) in [6.45, 7) is 1.95. The maximum Gasteiger partial charge on any atom is 0.258 e. The van der Waals surface area contributed by atoms with Crippen LogP contribution in [0, 0.1) is 6.92 Å². The number of nitrogen functional groups attached to an aromatic ring is 1. The largest absolute Gasteiger partial charge is 0.398 e. The molecule has 0 spiro atoms. The molecule has 1 heterocycles. The van der Waals surface area contributed by atoms with Crippen molar-refractivity contribution in [3.8, 4) is 34.0 Å². The van der Waals surface area contributed by atoms with E-state index in [2.05, 4.69) is 34.4 Å². The Morgan fingerprint density at radius 1 is 0.760 bits per heavy atom. The molecule has 3 aromatic carbocycles. The van der Waals surface area contributed by atoms with Gasteiger partial charge in [-0.15, -0.1) is 0 Å². The van der Waals surface area contributed by atoms with E-state index in [1.165, 1.54) is 5.56 Å². The fraction of sp³-hybridized carbons (Fsp3) is 0.0476. The van der Waals surface area contributed by atoms with E-state index in [0.29, 0.717) is 11.7 Å². The molecule has 0 unspecified atom stereocenters. The number of anilines is 1. The van der Waals surface area contributed by atoms with Gasteiger partial charge in [0.1, 0.15) is 0 Å². The standard InChI is InChI=1S/C21H17N3O/c1-14-18(8-5-9-19(14)22)20-23-21(25-24-20)17-12-10-16(11-13-17)15-6-3-2-4-7-15/h2-13H,22H2,1H3. The molecule has 0 saturated heterocycles. The highest BCUT2D eigenvalue weighted by Gasteiger charge is 2.13. The highest BCUT2D eigenvalue weighted by Crippen LogP contribution is 2.28. The SMILES string of the molecule is Cc1c(N)cccc1-c1noc(-c2ccc(-c3ccccc3)cc2)n1. The van der Waals surface area contributed by atoms with Crippen LogP contribution in [0.15, 0.2) is 77.3 Å². The molecule has 1 aromatic heterocycles. The molecule has 4 nitrogen and oxygen atoms in total. The minimum absolute atomic E-state index is 0.497. The third-order valence-electron chi connectivity index (χ3n) is 4.28. The number of hydrogen-bond acceptors (Lipinski definition) is 4. The Balaban J connectivity index is 1.65. The van der Waals surface area contributed by atoms with Crippen molar-refractivity contribution in [3.63, 3.8) is 0 Å². The van der Waals surface area contributed by atoms with E-state index < -0.39 is 0 Å². The molecule has 0 amide bonds. The van der Waals surface area contributed by atoms with Crippen LogP contribution in [-0.2, 0) is 0 Å². The van der Waals surface area contributed by atoms with Gasteiger partial charge in [0.2, 0.25) is 5.82 Å². The molecule has 0 aliphatic carbocycles. The summed E-state index contributed by atoms with van der Waals surface area (Å²) in [4.78, 5) is 4.52. The van der Waals surface area contributed by atoms with Gasteiger partial charge in [-0.05, 0) is 41.8 Å². The molecule has 0 radical (unpaired) electrons. The Kier molecular flexibility index (Phi) is 3.78. The maximum atomic E-state index is 5.96. The molecule has 25 heavy (non-hydrogen) atoms. The second-order valence-corrected chi connectivity index (χ2v) is 5.89. The van der Waals surface area contributed by atoms with Crippen molar-refractivity contribution in [2.75, 3.05) is 5.73 Å². The first-order valence-electron chi connectivity index (χ1n) is 8.07. The van der Waals surface area contributed by atoms with Crippen LogP contribution < -0.4 is 5.73 Å². The minimum Gasteiger partial charge on any atom is -0.398 e. The van der Waals surface area contributed by atoms with Gasteiger partial charge in [-0.3, -0.25) is 0 Å². The van der Waals surface area contributed by atoms with Crippen molar-refractivity contribution < 1.29 is 4.52 Å². The molecule has 4 aromatic rings. The number of nitrogens with two attached hydrogens (primary N) is 1. The van der Waals surface area contributed by atoms with Gasteiger partial charge in [-0.25, -0.2) is 0 Å². The Labute approximate surface area is 145 Å². The molecule has 0 aliphatic rings. The van der Waals surface area contributed by atoms with E-state index in [1.54, 1.807) is 0 Å². The van der Waals surface area contributed by atoms with Crippen molar-refractivity contribution in [1.82, 2.24) is 10.1 Å². The number of rotatable bonds is 3. The summed E-state index contributed by atoms with van der Waals surface area (Å²) in [7, 11) is 0. The number of benzene rings is 3. The summed E-state index contributed by atoms with van der Waals surface area (Å²) in [6.07, 6.45) is 0. The van der Waals surface area contributed by atoms with Gasteiger partial charge in [-0.1, -0.05) is 59.8 Å². The van der Waals surface area contributed by atoms with Crippen LogP contribution in [0.1, 0.15) is 5.56 Å². The molecule has 0 bridgehead atoms. The van der Waals surface area contributed by atoms with Crippen LogP contribution >= 0.6 is 0 Å². The summed E-state index contributed by atoms with van der Waals surface area (Å²) in [5, 5.41) is 4.10. The molecule has 4 rings (SSSR count). The van der Waals surface area contributed by atoms with E-state index >= 15 is 0 Å². The zero-order valence-electron chi connectivity index (χ0n) is 13.8. The monoisotopic (exact) mass is 327 g/mol. The van der Waals surface area contributed by atoms with Gasteiger partial charge >= 0.3 is 0 Å². The maximum absolute atomic E-state index is 5.96.